The molecule has 1 heterocycles. The van der Waals surface area contributed by atoms with Crippen LogP contribution < -0.4 is 10.6 Å². The van der Waals surface area contributed by atoms with Crippen LogP contribution >= 0.6 is 0 Å². The molecule has 0 radical (unpaired) electrons. The molecule has 0 bridgehead atoms. The summed E-state index contributed by atoms with van der Waals surface area (Å²) in [5.41, 5.74) is 3.68. The predicted molar refractivity (Wildman–Crippen MR) is 104 cm³/mol. The highest BCUT2D eigenvalue weighted by molar-refractivity contribution is 5.59. The molecule has 0 aliphatic carbocycles. The number of benzene rings is 2. The maximum absolute atomic E-state index is 4.55. The third kappa shape index (κ3) is 5.05. The van der Waals surface area contributed by atoms with Gasteiger partial charge in [0.05, 0.1) is 0 Å². The molecule has 25 heavy (non-hydrogen) atoms. The van der Waals surface area contributed by atoms with Crippen LogP contribution in [-0.2, 0) is 12.8 Å². The summed E-state index contributed by atoms with van der Waals surface area (Å²) >= 11 is 0. The van der Waals surface area contributed by atoms with E-state index in [2.05, 4.69) is 70.0 Å². The van der Waals surface area contributed by atoms with Gasteiger partial charge in [-0.1, -0.05) is 55.5 Å². The highest BCUT2D eigenvalue weighted by Gasteiger charge is 2.03. The molecule has 3 rings (SSSR count). The number of anilines is 3. The third-order valence-electron chi connectivity index (χ3n) is 4.09. The molecule has 3 aromatic rings. The van der Waals surface area contributed by atoms with Gasteiger partial charge in [-0.15, -0.1) is 0 Å². The molecule has 0 unspecified atom stereocenters. The van der Waals surface area contributed by atoms with E-state index < -0.39 is 0 Å². The molecule has 0 fully saturated rings. The van der Waals surface area contributed by atoms with Crippen molar-refractivity contribution in [3.05, 3.63) is 78.0 Å². The molecule has 0 amide bonds. The topological polar surface area (TPSA) is 49.8 Å². The number of hydrogen-bond acceptors (Lipinski definition) is 4. The number of aromatic nitrogens is 2. The molecule has 0 saturated heterocycles. The SMILES string of the molecule is CCc1ccccc1Nc1nccc(NCCCc2ccccc2)n1. The zero-order valence-corrected chi connectivity index (χ0v) is 14.6. The lowest BCUT2D eigenvalue weighted by atomic mass is 10.1. The van der Waals surface area contributed by atoms with Crippen molar-refractivity contribution < 1.29 is 0 Å². The van der Waals surface area contributed by atoms with E-state index >= 15 is 0 Å². The normalized spacial score (nSPS) is 10.4. The Morgan fingerprint density at radius 1 is 0.920 bits per heavy atom. The van der Waals surface area contributed by atoms with Crippen molar-refractivity contribution in [2.45, 2.75) is 26.2 Å². The number of aryl methyl sites for hydroxylation is 2. The van der Waals surface area contributed by atoms with Crippen molar-refractivity contribution in [3.63, 3.8) is 0 Å². The molecule has 1 aromatic heterocycles. The van der Waals surface area contributed by atoms with E-state index in [1.807, 2.05) is 18.2 Å². The second-order valence-corrected chi connectivity index (χ2v) is 5.92. The predicted octanol–water partition coefficient (Wildman–Crippen LogP) is 4.83. The van der Waals surface area contributed by atoms with Gasteiger partial charge in [0.1, 0.15) is 5.82 Å². The smallest absolute Gasteiger partial charge is 0.229 e. The maximum atomic E-state index is 4.55. The van der Waals surface area contributed by atoms with Gasteiger partial charge in [0.2, 0.25) is 5.95 Å². The van der Waals surface area contributed by atoms with Crippen molar-refractivity contribution in [1.29, 1.82) is 0 Å². The average Bonchev–Trinajstić information content (AvgIpc) is 2.67. The molecule has 0 atom stereocenters. The molecule has 4 heteroatoms. The minimum absolute atomic E-state index is 0.619. The summed E-state index contributed by atoms with van der Waals surface area (Å²) in [6.07, 6.45) is 4.88. The molecule has 2 N–H and O–H groups in total. The Hall–Kier alpha value is -2.88. The quantitative estimate of drug-likeness (QED) is 0.580. The monoisotopic (exact) mass is 332 g/mol. The van der Waals surface area contributed by atoms with Crippen molar-refractivity contribution in [2.75, 3.05) is 17.2 Å². The molecule has 2 aromatic carbocycles. The molecule has 0 aliphatic heterocycles. The highest BCUT2D eigenvalue weighted by atomic mass is 15.1. The van der Waals surface area contributed by atoms with Crippen LogP contribution in [0.25, 0.3) is 0 Å². The average molecular weight is 332 g/mol. The number of nitrogens with one attached hydrogen (secondary N) is 2. The Balaban J connectivity index is 1.54. The Morgan fingerprint density at radius 3 is 2.56 bits per heavy atom. The number of nitrogens with zero attached hydrogens (tertiary/aromatic N) is 2. The van der Waals surface area contributed by atoms with Crippen LogP contribution in [0.15, 0.2) is 66.9 Å². The summed E-state index contributed by atoms with van der Waals surface area (Å²) in [5, 5.41) is 6.70. The van der Waals surface area contributed by atoms with Gasteiger partial charge in [-0.05, 0) is 42.5 Å². The van der Waals surface area contributed by atoms with Gasteiger partial charge in [0, 0.05) is 18.4 Å². The van der Waals surface area contributed by atoms with Crippen LogP contribution in [-0.4, -0.2) is 16.5 Å². The summed E-state index contributed by atoms with van der Waals surface area (Å²) in [5.74, 6) is 1.47. The maximum Gasteiger partial charge on any atom is 0.229 e. The molecule has 0 spiro atoms. The van der Waals surface area contributed by atoms with Gasteiger partial charge in [0.25, 0.3) is 0 Å². The zero-order valence-electron chi connectivity index (χ0n) is 14.6. The van der Waals surface area contributed by atoms with Crippen LogP contribution in [0.3, 0.4) is 0 Å². The van der Waals surface area contributed by atoms with Gasteiger partial charge in [0.15, 0.2) is 0 Å². The van der Waals surface area contributed by atoms with Gasteiger partial charge in [-0.2, -0.15) is 4.98 Å². The summed E-state index contributed by atoms with van der Waals surface area (Å²) < 4.78 is 0. The Labute approximate surface area is 149 Å². The van der Waals surface area contributed by atoms with Gasteiger partial charge < -0.3 is 10.6 Å². The largest absolute Gasteiger partial charge is 0.370 e. The lowest BCUT2D eigenvalue weighted by molar-refractivity contribution is 0.858. The third-order valence-corrected chi connectivity index (χ3v) is 4.09. The van der Waals surface area contributed by atoms with Crippen molar-refractivity contribution in [2.24, 2.45) is 0 Å². The second-order valence-electron chi connectivity index (χ2n) is 5.92. The fourth-order valence-corrected chi connectivity index (χ4v) is 2.74. The Bertz CT molecular complexity index is 787. The van der Waals surface area contributed by atoms with Crippen LogP contribution in [0, 0.1) is 0 Å². The number of rotatable bonds is 8. The van der Waals surface area contributed by atoms with Crippen LogP contribution in [0.1, 0.15) is 24.5 Å². The van der Waals surface area contributed by atoms with E-state index in [9.17, 15) is 0 Å². The highest BCUT2D eigenvalue weighted by Crippen LogP contribution is 2.19. The first-order chi connectivity index (χ1) is 12.3. The lowest BCUT2D eigenvalue weighted by Gasteiger charge is -2.11. The summed E-state index contributed by atoms with van der Waals surface area (Å²) in [7, 11) is 0. The minimum atomic E-state index is 0.619. The fraction of sp³-hybridized carbons (Fsp3) is 0.238. The van der Waals surface area contributed by atoms with E-state index in [1.54, 1.807) is 6.20 Å². The number of hydrogen-bond donors (Lipinski definition) is 2. The Kier molecular flexibility index (Phi) is 5.99. The van der Waals surface area contributed by atoms with E-state index in [-0.39, 0.29) is 0 Å². The van der Waals surface area contributed by atoms with Crippen LogP contribution in [0.5, 0.6) is 0 Å². The van der Waals surface area contributed by atoms with E-state index in [4.69, 9.17) is 0 Å². The molecule has 128 valence electrons. The van der Waals surface area contributed by atoms with E-state index in [1.165, 1.54) is 11.1 Å². The van der Waals surface area contributed by atoms with Crippen molar-refractivity contribution >= 4 is 17.5 Å². The first-order valence-electron chi connectivity index (χ1n) is 8.81. The van der Waals surface area contributed by atoms with Crippen LogP contribution in [0.2, 0.25) is 0 Å². The molecule has 0 aliphatic rings. The van der Waals surface area contributed by atoms with E-state index in [0.29, 0.717) is 5.95 Å². The van der Waals surface area contributed by atoms with Crippen molar-refractivity contribution in [3.8, 4) is 0 Å². The zero-order chi connectivity index (χ0) is 17.3. The molecule has 0 saturated carbocycles. The Morgan fingerprint density at radius 2 is 1.72 bits per heavy atom. The summed E-state index contributed by atoms with van der Waals surface area (Å²) in [6, 6.07) is 20.7. The lowest BCUT2D eigenvalue weighted by Crippen LogP contribution is -2.07. The first-order valence-corrected chi connectivity index (χ1v) is 8.81. The second kappa shape index (κ2) is 8.83. The standard InChI is InChI=1S/C21H24N4/c1-2-18-12-6-7-13-19(18)24-21-23-16-14-20(25-21)22-15-8-11-17-9-4-3-5-10-17/h3-7,9-10,12-14,16H,2,8,11,15H2,1H3,(H2,22,23,24,25). The van der Waals surface area contributed by atoms with Gasteiger partial charge in [-0.3, -0.25) is 0 Å². The minimum Gasteiger partial charge on any atom is -0.370 e. The van der Waals surface area contributed by atoms with Crippen molar-refractivity contribution in [1.82, 2.24) is 9.97 Å². The van der Waals surface area contributed by atoms with E-state index in [0.717, 1.165) is 37.3 Å². The fourth-order valence-electron chi connectivity index (χ4n) is 2.74. The molecular formula is C21H24N4. The van der Waals surface area contributed by atoms with Gasteiger partial charge in [-0.25, -0.2) is 4.98 Å². The molecular weight excluding hydrogens is 308 g/mol. The van der Waals surface area contributed by atoms with Gasteiger partial charge >= 0.3 is 0 Å². The number of para-hydroxylation sites is 1. The summed E-state index contributed by atoms with van der Waals surface area (Å²) in [6.45, 7) is 3.03. The van der Waals surface area contributed by atoms with Crippen LogP contribution in [0.4, 0.5) is 17.5 Å². The first kappa shape index (κ1) is 17.0. The molecule has 4 nitrogen and oxygen atoms in total. The summed E-state index contributed by atoms with van der Waals surface area (Å²) in [4.78, 5) is 8.88.